The number of H-pyrrole nitrogens is 1. The number of phenolic OH excluding ortho intramolecular Hbond substituents is 1. The van der Waals surface area contributed by atoms with Crippen LogP contribution in [0.3, 0.4) is 0 Å². The summed E-state index contributed by atoms with van der Waals surface area (Å²) in [5.74, 6) is 1.10. The molecule has 0 bridgehead atoms. The molecule has 0 unspecified atom stereocenters. The summed E-state index contributed by atoms with van der Waals surface area (Å²) < 4.78 is 0. The monoisotopic (exact) mass is 378 g/mol. The van der Waals surface area contributed by atoms with Crippen LogP contribution in [0.5, 0.6) is 5.75 Å². The van der Waals surface area contributed by atoms with Crippen LogP contribution in [0, 0.1) is 0 Å². The van der Waals surface area contributed by atoms with Gasteiger partial charge in [0, 0.05) is 29.8 Å². The average Bonchev–Trinajstić information content (AvgIpc) is 3.19. The third kappa shape index (κ3) is 3.46. The summed E-state index contributed by atoms with van der Waals surface area (Å²) in [5, 5.41) is 10.6. The van der Waals surface area contributed by atoms with Crippen LogP contribution < -0.4 is 0 Å². The Morgan fingerprint density at radius 2 is 1.69 bits per heavy atom. The predicted octanol–water partition coefficient (Wildman–Crippen LogP) is 4.98. The van der Waals surface area contributed by atoms with Gasteiger partial charge in [-0.25, -0.2) is 4.98 Å². The quantitative estimate of drug-likeness (QED) is 0.462. The van der Waals surface area contributed by atoms with E-state index >= 15 is 0 Å². The number of imidazole rings is 1. The highest BCUT2D eigenvalue weighted by Crippen LogP contribution is 2.31. The van der Waals surface area contributed by atoms with Gasteiger partial charge in [0.15, 0.2) is 0 Å². The molecule has 0 aliphatic heterocycles. The van der Waals surface area contributed by atoms with Gasteiger partial charge in [-0.3, -0.25) is 9.97 Å². The highest BCUT2D eigenvalue weighted by atomic mass is 16.3. The first-order chi connectivity index (χ1) is 14.3. The summed E-state index contributed by atoms with van der Waals surface area (Å²) in [6, 6.07) is 23.2. The van der Waals surface area contributed by atoms with E-state index < -0.39 is 0 Å². The van der Waals surface area contributed by atoms with Crippen molar-refractivity contribution >= 4 is 10.9 Å². The van der Waals surface area contributed by atoms with E-state index in [9.17, 15) is 5.11 Å². The fourth-order valence-electron chi connectivity index (χ4n) is 3.44. The van der Waals surface area contributed by atoms with E-state index in [0.29, 0.717) is 6.42 Å². The molecule has 29 heavy (non-hydrogen) atoms. The molecular formula is C24H18N4O. The van der Waals surface area contributed by atoms with E-state index in [2.05, 4.69) is 27.1 Å². The lowest BCUT2D eigenvalue weighted by Gasteiger charge is -2.04. The number of nitrogens with one attached hydrogen (secondary N) is 1. The number of benzene rings is 2. The van der Waals surface area contributed by atoms with Crippen molar-refractivity contribution in [3.05, 3.63) is 96.6 Å². The van der Waals surface area contributed by atoms with Crippen LogP contribution in [0.1, 0.15) is 11.4 Å². The Morgan fingerprint density at radius 3 is 2.52 bits per heavy atom. The molecule has 5 nitrogen and oxygen atoms in total. The number of aromatic amines is 1. The van der Waals surface area contributed by atoms with Gasteiger partial charge < -0.3 is 10.1 Å². The number of hydrogen-bond acceptors (Lipinski definition) is 4. The minimum Gasteiger partial charge on any atom is -0.508 e. The van der Waals surface area contributed by atoms with Crippen LogP contribution in [0.4, 0.5) is 0 Å². The van der Waals surface area contributed by atoms with Crippen LogP contribution in [0.25, 0.3) is 33.5 Å². The Morgan fingerprint density at radius 1 is 0.828 bits per heavy atom. The molecule has 0 aliphatic rings. The van der Waals surface area contributed by atoms with Gasteiger partial charge in [-0.1, -0.05) is 30.3 Å². The van der Waals surface area contributed by atoms with E-state index in [1.54, 1.807) is 24.5 Å². The Hall–Kier alpha value is -3.99. The third-order valence-electron chi connectivity index (χ3n) is 4.86. The minimum absolute atomic E-state index is 0.257. The zero-order chi connectivity index (χ0) is 19.6. The number of nitrogens with zero attached hydrogens (tertiary/aromatic N) is 3. The summed E-state index contributed by atoms with van der Waals surface area (Å²) in [5.41, 5.74) is 5.64. The molecule has 0 saturated heterocycles. The number of hydrogen-bond donors (Lipinski definition) is 2. The second-order valence-electron chi connectivity index (χ2n) is 6.88. The first kappa shape index (κ1) is 17.1. The van der Waals surface area contributed by atoms with E-state index in [1.165, 1.54) is 0 Å². The Bertz CT molecular complexity index is 1280. The van der Waals surface area contributed by atoms with Gasteiger partial charge >= 0.3 is 0 Å². The van der Waals surface area contributed by atoms with Gasteiger partial charge in [0.25, 0.3) is 0 Å². The van der Waals surface area contributed by atoms with Crippen molar-refractivity contribution in [2.45, 2.75) is 6.42 Å². The normalized spacial score (nSPS) is 11.0. The Kier molecular flexibility index (Phi) is 4.26. The Balaban J connectivity index is 1.62. The topological polar surface area (TPSA) is 74.7 Å². The number of aromatic hydroxyl groups is 1. The number of phenols is 1. The van der Waals surface area contributed by atoms with Crippen molar-refractivity contribution in [3.8, 4) is 28.4 Å². The molecule has 0 saturated carbocycles. The molecule has 2 aromatic carbocycles. The second-order valence-corrected chi connectivity index (χ2v) is 6.88. The molecule has 0 spiro atoms. The predicted molar refractivity (Wildman–Crippen MR) is 113 cm³/mol. The number of rotatable bonds is 4. The highest BCUT2D eigenvalue weighted by molar-refractivity contribution is 5.86. The standard InChI is InChI=1S/C24H18N4O/c29-19-9-6-16(7-10-19)14-22-27-23(24(28-22)21-5-1-2-12-26-21)18-8-11-20-17(15-18)4-3-13-25-20/h1-13,15,29H,14H2,(H,27,28). The molecule has 0 radical (unpaired) electrons. The maximum Gasteiger partial charge on any atom is 0.115 e. The van der Waals surface area contributed by atoms with Gasteiger partial charge in [-0.05, 0) is 48.0 Å². The number of pyridine rings is 2. The SMILES string of the molecule is Oc1ccc(Cc2nc(-c3ccc4ncccc4c3)c(-c3ccccn3)[nH]2)cc1. The molecule has 3 aromatic heterocycles. The van der Waals surface area contributed by atoms with Crippen LogP contribution in [0.15, 0.2) is 85.2 Å². The van der Waals surface area contributed by atoms with Crippen molar-refractivity contribution in [2.24, 2.45) is 0 Å². The zero-order valence-electron chi connectivity index (χ0n) is 15.6. The van der Waals surface area contributed by atoms with Gasteiger partial charge in [0.05, 0.1) is 22.6 Å². The van der Waals surface area contributed by atoms with Crippen LogP contribution in [0.2, 0.25) is 0 Å². The fourth-order valence-corrected chi connectivity index (χ4v) is 3.44. The maximum atomic E-state index is 9.52. The molecule has 5 rings (SSSR count). The largest absolute Gasteiger partial charge is 0.508 e. The summed E-state index contributed by atoms with van der Waals surface area (Å²) in [4.78, 5) is 17.3. The summed E-state index contributed by atoms with van der Waals surface area (Å²) in [7, 11) is 0. The van der Waals surface area contributed by atoms with Crippen molar-refractivity contribution in [2.75, 3.05) is 0 Å². The van der Waals surface area contributed by atoms with E-state index in [1.807, 2.05) is 48.5 Å². The summed E-state index contributed by atoms with van der Waals surface area (Å²) in [6.45, 7) is 0. The summed E-state index contributed by atoms with van der Waals surface area (Å²) >= 11 is 0. The summed E-state index contributed by atoms with van der Waals surface area (Å²) in [6.07, 6.45) is 4.21. The zero-order valence-corrected chi connectivity index (χ0v) is 15.6. The molecule has 0 atom stereocenters. The molecular weight excluding hydrogens is 360 g/mol. The van der Waals surface area contributed by atoms with Crippen LogP contribution >= 0.6 is 0 Å². The van der Waals surface area contributed by atoms with Gasteiger partial charge in [0.2, 0.25) is 0 Å². The maximum absolute atomic E-state index is 9.52. The number of fused-ring (bicyclic) bond motifs is 1. The van der Waals surface area contributed by atoms with E-state index in [4.69, 9.17) is 4.98 Å². The molecule has 5 heteroatoms. The van der Waals surface area contributed by atoms with Gasteiger partial charge in [-0.2, -0.15) is 0 Å². The van der Waals surface area contributed by atoms with Gasteiger partial charge in [-0.15, -0.1) is 0 Å². The highest BCUT2D eigenvalue weighted by Gasteiger charge is 2.16. The smallest absolute Gasteiger partial charge is 0.115 e. The molecule has 0 fully saturated rings. The molecule has 0 aliphatic carbocycles. The Labute approximate surface area is 167 Å². The average molecular weight is 378 g/mol. The number of aromatic nitrogens is 4. The van der Waals surface area contributed by atoms with Crippen LogP contribution in [-0.2, 0) is 6.42 Å². The second kappa shape index (κ2) is 7.20. The first-order valence-electron chi connectivity index (χ1n) is 9.39. The fraction of sp³-hybridized carbons (Fsp3) is 0.0417. The lowest BCUT2D eigenvalue weighted by Crippen LogP contribution is -1.90. The lowest BCUT2D eigenvalue weighted by atomic mass is 10.1. The van der Waals surface area contributed by atoms with Crippen molar-refractivity contribution in [3.63, 3.8) is 0 Å². The minimum atomic E-state index is 0.257. The van der Waals surface area contributed by atoms with Crippen LogP contribution in [-0.4, -0.2) is 25.0 Å². The molecule has 140 valence electrons. The van der Waals surface area contributed by atoms with E-state index in [-0.39, 0.29) is 5.75 Å². The molecule has 3 heterocycles. The lowest BCUT2D eigenvalue weighted by molar-refractivity contribution is 0.475. The van der Waals surface area contributed by atoms with E-state index in [0.717, 1.165) is 44.9 Å². The van der Waals surface area contributed by atoms with Gasteiger partial charge in [0.1, 0.15) is 11.6 Å². The molecule has 2 N–H and O–H groups in total. The van der Waals surface area contributed by atoms with Crippen molar-refractivity contribution in [1.29, 1.82) is 0 Å². The van der Waals surface area contributed by atoms with Crippen molar-refractivity contribution < 1.29 is 5.11 Å². The third-order valence-corrected chi connectivity index (χ3v) is 4.86. The molecule has 5 aromatic rings. The molecule has 0 amide bonds. The first-order valence-corrected chi connectivity index (χ1v) is 9.39. The van der Waals surface area contributed by atoms with Crippen molar-refractivity contribution in [1.82, 2.24) is 19.9 Å².